The van der Waals surface area contributed by atoms with Crippen LogP contribution in [0.5, 0.6) is 0 Å². The van der Waals surface area contributed by atoms with Crippen LogP contribution in [0.25, 0.3) is 0 Å². The molecule has 1 amide bonds. The maximum atomic E-state index is 12.3. The van der Waals surface area contributed by atoms with Crippen LogP contribution in [0.3, 0.4) is 0 Å². The highest BCUT2D eigenvalue weighted by Gasteiger charge is 2.23. The van der Waals surface area contributed by atoms with Crippen molar-refractivity contribution < 1.29 is 14.3 Å². The molecule has 2 heterocycles. The summed E-state index contributed by atoms with van der Waals surface area (Å²) in [5.41, 5.74) is 1.55. The molecule has 26 heavy (non-hydrogen) atoms. The zero-order valence-corrected chi connectivity index (χ0v) is 15.4. The number of ether oxygens (including phenoxy) is 1. The van der Waals surface area contributed by atoms with Crippen molar-refractivity contribution in [1.29, 1.82) is 0 Å². The van der Waals surface area contributed by atoms with Gasteiger partial charge in [-0.25, -0.2) is 9.78 Å². The molecule has 0 bridgehead atoms. The molecule has 0 N–H and O–H groups in total. The molecule has 0 unspecified atom stereocenters. The van der Waals surface area contributed by atoms with Gasteiger partial charge in [0.25, 0.3) is 5.91 Å². The van der Waals surface area contributed by atoms with Gasteiger partial charge in [-0.2, -0.15) is 0 Å². The van der Waals surface area contributed by atoms with Crippen molar-refractivity contribution in [2.45, 2.75) is 5.03 Å². The summed E-state index contributed by atoms with van der Waals surface area (Å²) in [4.78, 5) is 32.7. The number of carbonyl (C=O) groups excluding carboxylic acids is 2. The average Bonchev–Trinajstić information content (AvgIpc) is 2.72. The van der Waals surface area contributed by atoms with Crippen LogP contribution in [0.4, 0.5) is 5.69 Å². The lowest BCUT2D eigenvalue weighted by atomic mass is 10.2. The molecule has 1 aliphatic rings. The quantitative estimate of drug-likeness (QED) is 0.594. The van der Waals surface area contributed by atoms with Crippen molar-refractivity contribution in [2.75, 3.05) is 43.9 Å². The molecule has 0 aliphatic carbocycles. The van der Waals surface area contributed by atoms with Gasteiger partial charge < -0.3 is 14.5 Å². The zero-order valence-electron chi connectivity index (χ0n) is 14.6. The Hall–Kier alpha value is -2.54. The number of rotatable bonds is 5. The molecule has 6 nitrogen and oxygen atoms in total. The monoisotopic (exact) mass is 371 g/mol. The van der Waals surface area contributed by atoms with Crippen LogP contribution in [0.2, 0.25) is 0 Å². The number of anilines is 1. The standard InChI is InChI=1S/C19H21N3O3S/c1-26-18-16(8-5-9-20-18)19(24)25-14-17(23)22-12-10-21(11-13-22)15-6-3-2-4-7-15/h2-9H,10-14H2,1H3. The Morgan fingerprint density at radius 3 is 2.50 bits per heavy atom. The number of pyridine rings is 1. The molecule has 1 fully saturated rings. The molecule has 1 aliphatic heterocycles. The minimum absolute atomic E-state index is 0.166. The molecule has 0 atom stereocenters. The number of thioether (sulfide) groups is 1. The van der Waals surface area contributed by atoms with Crippen LogP contribution in [-0.4, -0.2) is 60.8 Å². The van der Waals surface area contributed by atoms with Crippen LogP contribution < -0.4 is 4.90 Å². The molecule has 1 saturated heterocycles. The first-order chi connectivity index (χ1) is 12.7. The number of piperazine rings is 1. The summed E-state index contributed by atoms with van der Waals surface area (Å²) < 4.78 is 5.20. The van der Waals surface area contributed by atoms with Gasteiger partial charge in [0.15, 0.2) is 6.61 Å². The third-order valence-corrected chi connectivity index (χ3v) is 4.98. The van der Waals surface area contributed by atoms with E-state index >= 15 is 0 Å². The number of nitrogens with zero attached hydrogens (tertiary/aromatic N) is 3. The molecular weight excluding hydrogens is 350 g/mol. The second kappa shape index (κ2) is 8.71. The van der Waals surface area contributed by atoms with Gasteiger partial charge in [-0.1, -0.05) is 18.2 Å². The Kier molecular flexibility index (Phi) is 6.12. The molecule has 3 rings (SSSR count). The SMILES string of the molecule is CSc1ncccc1C(=O)OCC(=O)N1CCN(c2ccccc2)CC1. The van der Waals surface area contributed by atoms with Crippen LogP contribution in [0.15, 0.2) is 53.7 Å². The van der Waals surface area contributed by atoms with Gasteiger partial charge in [0.2, 0.25) is 0 Å². The van der Waals surface area contributed by atoms with E-state index in [9.17, 15) is 9.59 Å². The van der Waals surface area contributed by atoms with Crippen LogP contribution >= 0.6 is 11.8 Å². The number of carbonyl (C=O) groups is 2. The highest BCUT2D eigenvalue weighted by molar-refractivity contribution is 7.98. The largest absolute Gasteiger partial charge is 0.452 e. The highest BCUT2D eigenvalue weighted by atomic mass is 32.2. The van der Waals surface area contributed by atoms with Crippen molar-refractivity contribution in [3.63, 3.8) is 0 Å². The van der Waals surface area contributed by atoms with Gasteiger partial charge in [-0.3, -0.25) is 4.79 Å². The first kappa shape index (κ1) is 18.3. The van der Waals surface area contributed by atoms with E-state index < -0.39 is 5.97 Å². The second-order valence-corrected chi connectivity index (χ2v) is 6.63. The van der Waals surface area contributed by atoms with Crippen molar-refractivity contribution in [1.82, 2.24) is 9.88 Å². The van der Waals surface area contributed by atoms with Crippen molar-refractivity contribution in [3.8, 4) is 0 Å². The van der Waals surface area contributed by atoms with Crippen molar-refractivity contribution in [3.05, 3.63) is 54.2 Å². The predicted molar refractivity (Wildman–Crippen MR) is 102 cm³/mol. The molecule has 0 saturated carbocycles. The zero-order chi connectivity index (χ0) is 18.4. The molecule has 2 aromatic rings. The number of para-hydroxylation sites is 1. The molecule has 1 aromatic carbocycles. The summed E-state index contributed by atoms with van der Waals surface area (Å²) in [6.07, 6.45) is 3.47. The first-order valence-corrected chi connectivity index (χ1v) is 9.65. The number of hydrogen-bond acceptors (Lipinski definition) is 6. The molecule has 0 radical (unpaired) electrons. The van der Waals surface area contributed by atoms with E-state index in [1.54, 1.807) is 23.2 Å². The lowest BCUT2D eigenvalue weighted by Gasteiger charge is -2.36. The normalized spacial score (nSPS) is 14.2. The fourth-order valence-electron chi connectivity index (χ4n) is 2.86. The molecule has 7 heteroatoms. The topological polar surface area (TPSA) is 62.7 Å². The van der Waals surface area contributed by atoms with Crippen LogP contribution in [-0.2, 0) is 9.53 Å². The minimum atomic E-state index is -0.515. The number of hydrogen-bond donors (Lipinski definition) is 0. The fourth-order valence-corrected chi connectivity index (χ4v) is 3.40. The van der Waals surface area contributed by atoms with E-state index in [0.29, 0.717) is 23.7 Å². The number of benzene rings is 1. The van der Waals surface area contributed by atoms with E-state index in [2.05, 4.69) is 22.0 Å². The Bertz CT molecular complexity index is 762. The lowest BCUT2D eigenvalue weighted by Crippen LogP contribution is -2.49. The van der Waals surface area contributed by atoms with Gasteiger partial charge in [-0.15, -0.1) is 11.8 Å². The van der Waals surface area contributed by atoms with Crippen molar-refractivity contribution in [2.24, 2.45) is 0 Å². The summed E-state index contributed by atoms with van der Waals surface area (Å²) >= 11 is 1.37. The van der Waals surface area contributed by atoms with E-state index in [1.165, 1.54) is 11.8 Å². The third kappa shape index (κ3) is 4.35. The van der Waals surface area contributed by atoms with Gasteiger partial charge in [0.1, 0.15) is 5.03 Å². The Labute approximate surface area is 157 Å². The van der Waals surface area contributed by atoms with E-state index in [1.807, 2.05) is 24.5 Å². The number of esters is 1. The van der Waals surface area contributed by atoms with E-state index in [0.717, 1.165) is 18.8 Å². The Morgan fingerprint density at radius 1 is 1.08 bits per heavy atom. The Balaban J connectivity index is 1.49. The summed E-state index contributed by atoms with van der Waals surface area (Å²) in [6, 6.07) is 13.5. The van der Waals surface area contributed by atoms with Crippen LogP contribution in [0, 0.1) is 0 Å². The van der Waals surface area contributed by atoms with Crippen LogP contribution in [0.1, 0.15) is 10.4 Å². The van der Waals surface area contributed by atoms with Gasteiger partial charge >= 0.3 is 5.97 Å². The fraction of sp³-hybridized carbons (Fsp3) is 0.316. The molecule has 0 spiro atoms. The van der Waals surface area contributed by atoms with Gasteiger partial charge in [0.05, 0.1) is 5.56 Å². The smallest absolute Gasteiger partial charge is 0.341 e. The number of amides is 1. The minimum Gasteiger partial charge on any atom is -0.452 e. The van der Waals surface area contributed by atoms with E-state index in [4.69, 9.17) is 4.74 Å². The molecular formula is C19H21N3O3S. The maximum absolute atomic E-state index is 12.3. The lowest BCUT2D eigenvalue weighted by molar-refractivity contribution is -0.134. The summed E-state index contributed by atoms with van der Waals surface area (Å²) in [5.74, 6) is -0.681. The summed E-state index contributed by atoms with van der Waals surface area (Å²) in [7, 11) is 0. The van der Waals surface area contributed by atoms with Crippen molar-refractivity contribution >= 4 is 29.3 Å². The number of aromatic nitrogens is 1. The van der Waals surface area contributed by atoms with Gasteiger partial charge in [-0.05, 0) is 30.5 Å². The predicted octanol–water partition coefficient (Wildman–Crippen LogP) is 2.31. The summed E-state index contributed by atoms with van der Waals surface area (Å²) in [5, 5.41) is 0.599. The average molecular weight is 371 g/mol. The third-order valence-electron chi connectivity index (χ3n) is 4.26. The summed E-state index contributed by atoms with van der Waals surface area (Å²) in [6.45, 7) is 2.53. The van der Waals surface area contributed by atoms with E-state index in [-0.39, 0.29) is 12.5 Å². The highest BCUT2D eigenvalue weighted by Crippen LogP contribution is 2.18. The molecule has 1 aromatic heterocycles. The molecule has 136 valence electrons. The second-order valence-electron chi connectivity index (χ2n) is 5.84. The van der Waals surface area contributed by atoms with Gasteiger partial charge in [0, 0.05) is 38.1 Å². The first-order valence-electron chi connectivity index (χ1n) is 8.43. The Morgan fingerprint density at radius 2 is 1.81 bits per heavy atom. The maximum Gasteiger partial charge on any atom is 0.341 e.